The summed E-state index contributed by atoms with van der Waals surface area (Å²) in [7, 11) is 0. The van der Waals surface area contributed by atoms with Crippen LogP contribution in [0.5, 0.6) is 34.5 Å². The number of rotatable bonds is 18. The van der Waals surface area contributed by atoms with Gasteiger partial charge in [0.2, 0.25) is 0 Å². The number of carbonyl (C=O) groups is 6. The van der Waals surface area contributed by atoms with Gasteiger partial charge in [0.25, 0.3) is 23.6 Å². The quantitative estimate of drug-likeness (QED) is 0.0462. The fraction of sp³-hybridized carbons (Fsp3) is 0.0732. The first-order chi connectivity index (χ1) is 45.9. The number of hydrogen-bond acceptors (Lipinski definition) is 10. The van der Waals surface area contributed by atoms with Crippen LogP contribution < -0.4 is 28.7 Å². The second kappa shape index (κ2) is 26.8. The molecule has 13 rings (SSSR count). The number of amides is 4. The standard InChI is InChI=1S/C82H56N2O10/c1-3-75(57-24-34-63(35-25-57)83-79(87)71-48-22-55(50-73(71)81(83)89)20-18-53-12-7-5-8-13-53)93-68-42-30-60(31-43-68)78(86)59-28-40-66(41-29-59)92-70-17-11-16-62(52-70)76(4-2)94-69-44-32-61(33-45-69)77(85)58-26-38-65(39-27-58)91-67-46-36-64(37-47-67)84-80(88)72-49-23-56(51-74(72)82(84)90)21-19-54-14-9-6-10-15-54/h5-17,22-52,75-76H,3-4H2,1-2H3. The number of ether oxygens (including phenoxy) is 4. The third kappa shape index (κ3) is 13.0. The maximum Gasteiger partial charge on any atom is 0.266 e. The molecule has 0 saturated heterocycles. The number of fused-ring (bicyclic) bond motifs is 2. The van der Waals surface area contributed by atoms with Crippen molar-refractivity contribution in [1.82, 2.24) is 0 Å². The monoisotopic (exact) mass is 1230 g/mol. The van der Waals surface area contributed by atoms with Crippen LogP contribution in [-0.4, -0.2) is 35.2 Å². The second-order valence-corrected chi connectivity index (χ2v) is 22.3. The lowest BCUT2D eigenvalue weighted by molar-refractivity contribution is 0.0910. The molecule has 0 radical (unpaired) electrons. The fourth-order valence-corrected chi connectivity index (χ4v) is 11.1. The molecule has 2 heterocycles. The minimum Gasteiger partial charge on any atom is -0.486 e. The average Bonchev–Trinajstić information content (AvgIpc) is 1.62. The average molecular weight is 1230 g/mol. The molecule has 11 aromatic rings. The number of nitrogens with zero attached hydrogens (tertiary/aromatic N) is 2. The van der Waals surface area contributed by atoms with Gasteiger partial charge in [-0.25, -0.2) is 9.80 Å². The van der Waals surface area contributed by atoms with Gasteiger partial charge >= 0.3 is 0 Å². The topological polar surface area (TPSA) is 146 Å². The van der Waals surface area contributed by atoms with E-state index < -0.39 is 17.7 Å². The number of benzene rings is 11. The maximum absolute atomic E-state index is 13.7. The Hall–Kier alpha value is -12.6. The van der Waals surface area contributed by atoms with Gasteiger partial charge in [-0.3, -0.25) is 28.8 Å². The number of carbonyl (C=O) groups excluding carboxylic acids is 6. The van der Waals surface area contributed by atoms with E-state index in [2.05, 4.69) is 23.7 Å². The molecule has 0 aromatic heterocycles. The van der Waals surface area contributed by atoms with E-state index >= 15 is 0 Å². The SMILES string of the molecule is CCC(Oc1ccc(C(=O)c2ccc(Oc3cccc(C(CC)Oc4ccc(C(=O)c5ccc(Oc6ccc(N7C(=O)c8ccc(C#Cc9ccccc9)cc8C7=O)cc6)cc5)cc4)c3)cc2)cc1)c1ccc(N2C(=O)c3ccc(C#Cc4ccccc4)cc3C2=O)cc1. The molecule has 0 bridgehead atoms. The Bertz CT molecular complexity index is 4850. The van der Waals surface area contributed by atoms with Crippen molar-refractivity contribution in [3.63, 3.8) is 0 Å². The zero-order chi connectivity index (χ0) is 64.7. The first kappa shape index (κ1) is 60.3. The zero-order valence-corrected chi connectivity index (χ0v) is 50.9. The normalized spacial score (nSPS) is 12.7. The summed E-state index contributed by atoms with van der Waals surface area (Å²) in [5.41, 5.74) is 8.76. The Morgan fingerprint density at radius 2 is 0.670 bits per heavy atom. The third-order valence-electron chi connectivity index (χ3n) is 16.1. The van der Waals surface area contributed by atoms with Crippen molar-refractivity contribution in [2.45, 2.75) is 38.9 Å². The molecule has 94 heavy (non-hydrogen) atoms. The van der Waals surface area contributed by atoms with Crippen LogP contribution in [0.4, 0.5) is 11.4 Å². The lowest BCUT2D eigenvalue weighted by Crippen LogP contribution is -2.29. The van der Waals surface area contributed by atoms with E-state index in [0.717, 1.165) is 27.2 Å². The molecule has 2 aliphatic rings. The van der Waals surface area contributed by atoms with Crippen LogP contribution in [0.2, 0.25) is 0 Å². The lowest BCUT2D eigenvalue weighted by atomic mass is 10.0. The molecule has 0 spiro atoms. The molecule has 11 aromatic carbocycles. The Balaban J connectivity index is 0.572. The summed E-state index contributed by atoms with van der Waals surface area (Å²) in [5.74, 6) is 13.7. The first-order valence-electron chi connectivity index (χ1n) is 30.6. The van der Waals surface area contributed by atoms with Crippen LogP contribution in [0, 0.1) is 23.7 Å². The number of hydrogen-bond donors (Lipinski definition) is 0. The summed E-state index contributed by atoms with van der Waals surface area (Å²) >= 11 is 0. The molecule has 454 valence electrons. The van der Waals surface area contributed by atoms with Crippen LogP contribution in [0.1, 0.15) is 146 Å². The third-order valence-corrected chi connectivity index (χ3v) is 16.1. The van der Waals surface area contributed by atoms with Gasteiger partial charge in [-0.05, 0) is 230 Å². The first-order valence-corrected chi connectivity index (χ1v) is 30.6. The van der Waals surface area contributed by atoms with Crippen molar-refractivity contribution < 1.29 is 47.7 Å². The van der Waals surface area contributed by atoms with E-state index in [1.807, 2.05) is 111 Å². The summed E-state index contributed by atoms with van der Waals surface area (Å²) in [4.78, 5) is 83.6. The highest BCUT2D eigenvalue weighted by atomic mass is 16.5. The van der Waals surface area contributed by atoms with Crippen LogP contribution in [0.25, 0.3) is 0 Å². The summed E-state index contributed by atoms with van der Waals surface area (Å²) in [6, 6.07) is 78.5. The van der Waals surface area contributed by atoms with Crippen LogP contribution in [-0.2, 0) is 0 Å². The minimum atomic E-state index is -0.427. The van der Waals surface area contributed by atoms with Gasteiger partial charge in [-0.1, -0.05) is 98.2 Å². The summed E-state index contributed by atoms with van der Waals surface area (Å²) < 4.78 is 25.2. The van der Waals surface area contributed by atoms with E-state index in [1.54, 1.807) is 170 Å². The molecular weight excluding hydrogens is 1170 g/mol. The van der Waals surface area contributed by atoms with E-state index in [4.69, 9.17) is 18.9 Å². The van der Waals surface area contributed by atoms with Gasteiger partial charge in [0.15, 0.2) is 11.6 Å². The van der Waals surface area contributed by atoms with Gasteiger partial charge in [0.05, 0.1) is 33.6 Å². The molecule has 2 unspecified atom stereocenters. The Morgan fingerprint density at radius 1 is 0.319 bits per heavy atom. The summed E-state index contributed by atoms with van der Waals surface area (Å²) in [6.45, 7) is 4.03. The summed E-state index contributed by atoms with van der Waals surface area (Å²) in [6.07, 6.45) is 0.620. The molecule has 0 aliphatic carbocycles. The Kier molecular flexibility index (Phi) is 17.2. The second-order valence-electron chi connectivity index (χ2n) is 22.3. The van der Waals surface area contributed by atoms with Gasteiger partial charge in [0.1, 0.15) is 46.7 Å². The highest BCUT2D eigenvalue weighted by molar-refractivity contribution is 6.35. The molecule has 12 heteroatoms. The molecule has 12 nitrogen and oxygen atoms in total. The van der Waals surface area contributed by atoms with Crippen LogP contribution in [0.15, 0.2) is 267 Å². The van der Waals surface area contributed by atoms with Gasteiger partial charge in [-0.15, -0.1) is 0 Å². The van der Waals surface area contributed by atoms with E-state index in [1.165, 1.54) is 4.90 Å². The largest absolute Gasteiger partial charge is 0.486 e. The zero-order valence-electron chi connectivity index (χ0n) is 50.9. The molecule has 0 saturated carbocycles. The molecule has 2 aliphatic heterocycles. The van der Waals surface area contributed by atoms with E-state index in [0.29, 0.717) is 114 Å². The Morgan fingerprint density at radius 3 is 1.09 bits per heavy atom. The van der Waals surface area contributed by atoms with Gasteiger partial charge < -0.3 is 18.9 Å². The number of ketones is 2. The highest BCUT2D eigenvalue weighted by Gasteiger charge is 2.38. The number of imide groups is 2. The van der Waals surface area contributed by atoms with E-state index in [9.17, 15) is 28.8 Å². The van der Waals surface area contributed by atoms with Crippen LogP contribution >= 0.6 is 0 Å². The molecule has 4 amide bonds. The smallest absolute Gasteiger partial charge is 0.266 e. The van der Waals surface area contributed by atoms with Crippen molar-refractivity contribution >= 4 is 46.6 Å². The van der Waals surface area contributed by atoms with Gasteiger partial charge in [0, 0.05) is 44.5 Å². The van der Waals surface area contributed by atoms with Crippen molar-refractivity contribution in [2.75, 3.05) is 9.80 Å². The van der Waals surface area contributed by atoms with Crippen molar-refractivity contribution in [3.8, 4) is 58.2 Å². The molecule has 0 N–H and O–H groups in total. The maximum atomic E-state index is 13.7. The Labute approximate surface area is 543 Å². The minimum absolute atomic E-state index is 0.165. The fourth-order valence-electron chi connectivity index (χ4n) is 11.1. The molecular formula is C82H56N2O10. The molecule has 0 fully saturated rings. The highest BCUT2D eigenvalue weighted by Crippen LogP contribution is 2.36. The van der Waals surface area contributed by atoms with E-state index in [-0.39, 0.29) is 29.7 Å². The lowest BCUT2D eigenvalue weighted by Gasteiger charge is -2.20. The predicted octanol–water partition coefficient (Wildman–Crippen LogP) is 17.2. The number of anilines is 2. The van der Waals surface area contributed by atoms with Crippen molar-refractivity contribution in [3.05, 3.63) is 345 Å². The predicted molar refractivity (Wildman–Crippen MR) is 359 cm³/mol. The van der Waals surface area contributed by atoms with Crippen LogP contribution in [0.3, 0.4) is 0 Å². The summed E-state index contributed by atoms with van der Waals surface area (Å²) in [5, 5.41) is 0. The van der Waals surface area contributed by atoms with Crippen molar-refractivity contribution in [1.29, 1.82) is 0 Å². The van der Waals surface area contributed by atoms with Crippen molar-refractivity contribution in [2.24, 2.45) is 0 Å². The van der Waals surface area contributed by atoms with Gasteiger partial charge in [-0.2, -0.15) is 0 Å². The molecule has 2 atom stereocenters.